The van der Waals surface area contributed by atoms with Gasteiger partial charge in [0, 0.05) is 5.56 Å². The third-order valence-corrected chi connectivity index (χ3v) is 2.44. The number of carbonyl (C=O) groups excluding carboxylic acids is 2. The number of urea groups is 1. The Kier molecular flexibility index (Phi) is 3.71. The van der Waals surface area contributed by atoms with Gasteiger partial charge in [0.25, 0.3) is 5.91 Å². The van der Waals surface area contributed by atoms with Crippen LogP contribution in [-0.2, 0) is 11.3 Å². The second-order valence-corrected chi connectivity index (χ2v) is 3.94. The molecule has 0 aliphatic carbocycles. The summed E-state index contributed by atoms with van der Waals surface area (Å²) < 4.78 is 0. The van der Waals surface area contributed by atoms with Crippen molar-refractivity contribution in [3.8, 4) is 11.4 Å². The van der Waals surface area contributed by atoms with Gasteiger partial charge in [0.05, 0.1) is 5.02 Å². The fourth-order valence-electron chi connectivity index (χ4n) is 1.37. The zero-order valence-electron chi connectivity index (χ0n) is 9.58. The molecule has 0 aliphatic heterocycles. The standard InChI is InChI=1S/C10H9ClN6O2/c11-7-4-2-1-3-6(7)9-14-16-17(15-9)5-8(18)13-10(12)19/h1-4H,5H2,(H3,12,13,18,19). The molecule has 98 valence electrons. The lowest BCUT2D eigenvalue weighted by Crippen LogP contribution is -2.37. The number of hydrogen-bond donors (Lipinski definition) is 2. The van der Waals surface area contributed by atoms with Crippen LogP contribution in [0.4, 0.5) is 4.79 Å². The van der Waals surface area contributed by atoms with Crippen molar-refractivity contribution in [1.82, 2.24) is 25.5 Å². The number of aromatic nitrogens is 4. The minimum Gasteiger partial charge on any atom is -0.351 e. The van der Waals surface area contributed by atoms with E-state index < -0.39 is 11.9 Å². The zero-order chi connectivity index (χ0) is 13.8. The number of tetrazole rings is 1. The second kappa shape index (κ2) is 5.44. The van der Waals surface area contributed by atoms with Crippen LogP contribution in [0, 0.1) is 0 Å². The van der Waals surface area contributed by atoms with E-state index in [-0.39, 0.29) is 12.4 Å². The molecular formula is C10H9ClN6O2. The van der Waals surface area contributed by atoms with Crippen molar-refractivity contribution in [2.24, 2.45) is 5.73 Å². The number of nitrogens with zero attached hydrogens (tertiary/aromatic N) is 4. The molecule has 1 heterocycles. The lowest BCUT2D eigenvalue weighted by molar-refractivity contribution is -0.120. The molecular weight excluding hydrogens is 272 g/mol. The quantitative estimate of drug-likeness (QED) is 0.832. The molecule has 3 N–H and O–H groups in total. The first-order valence-electron chi connectivity index (χ1n) is 5.18. The fourth-order valence-corrected chi connectivity index (χ4v) is 1.59. The van der Waals surface area contributed by atoms with Crippen LogP contribution in [0.5, 0.6) is 0 Å². The van der Waals surface area contributed by atoms with Gasteiger partial charge in [-0.1, -0.05) is 23.7 Å². The Labute approximate surface area is 112 Å². The van der Waals surface area contributed by atoms with Crippen molar-refractivity contribution in [1.29, 1.82) is 0 Å². The number of amides is 3. The first-order valence-corrected chi connectivity index (χ1v) is 5.56. The largest absolute Gasteiger partial charge is 0.351 e. The molecule has 0 atom stereocenters. The van der Waals surface area contributed by atoms with Crippen LogP contribution in [0.1, 0.15) is 0 Å². The molecule has 0 bridgehead atoms. The van der Waals surface area contributed by atoms with Gasteiger partial charge in [0.15, 0.2) is 0 Å². The molecule has 1 aromatic heterocycles. The highest BCUT2D eigenvalue weighted by molar-refractivity contribution is 6.33. The average Bonchev–Trinajstić information content (AvgIpc) is 2.76. The van der Waals surface area contributed by atoms with Crippen molar-refractivity contribution in [2.45, 2.75) is 6.54 Å². The van der Waals surface area contributed by atoms with Gasteiger partial charge in [-0.2, -0.15) is 4.80 Å². The predicted molar refractivity (Wildman–Crippen MR) is 66.0 cm³/mol. The van der Waals surface area contributed by atoms with E-state index in [1.165, 1.54) is 0 Å². The summed E-state index contributed by atoms with van der Waals surface area (Å²) in [4.78, 5) is 22.8. The van der Waals surface area contributed by atoms with Crippen molar-refractivity contribution < 1.29 is 9.59 Å². The maximum Gasteiger partial charge on any atom is 0.318 e. The Hall–Kier alpha value is -2.48. The smallest absolute Gasteiger partial charge is 0.318 e. The zero-order valence-corrected chi connectivity index (χ0v) is 10.3. The second-order valence-electron chi connectivity index (χ2n) is 3.54. The van der Waals surface area contributed by atoms with Crippen LogP contribution in [-0.4, -0.2) is 32.1 Å². The highest BCUT2D eigenvalue weighted by atomic mass is 35.5. The van der Waals surface area contributed by atoms with Gasteiger partial charge >= 0.3 is 6.03 Å². The summed E-state index contributed by atoms with van der Waals surface area (Å²) in [6.45, 7) is -0.263. The van der Waals surface area contributed by atoms with Crippen molar-refractivity contribution in [2.75, 3.05) is 0 Å². The van der Waals surface area contributed by atoms with Gasteiger partial charge in [-0.3, -0.25) is 10.1 Å². The third-order valence-electron chi connectivity index (χ3n) is 2.12. The number of nitrogens with one attached hydrogen (secondary N) is 1. The van der Waals surface area contributed by atoms with Crippen molar-refractivity contribution in [3.63, 3.8) is 0 Å². The molecule has 0 aliphatic rings. The molecule has 0 unspecified atom stereocenters. The van der Waals surface area contributed by atoms with E-state index in [9.17, 15) is 9.59 Å². The highest BCUT2D eigenvalue weighted by Crippen LogP contribution is 2.23. The lowest BCUT2D eigenvalue weighted by Gasteiger charge is -1.99. The van der Waals surface area contributed by atoms with E-state index in [2.05, 4.69) is 15.4 Å². The molecule has 19 heavy (non-hydrogen) atoms. The Morgan fingerprint density at radius 1 is 1.37 bits per heavy atom. The summed E-state index contributed by atoms with van der Waals surface area (Å²) in [6.07, 6.45) is 0. The Bertz CT molecular complexity index is 626. The van der Waals surface area contributed by atoms with Crippen LogP contribution < -0.4 is 11.1 Å². The summed E-state index contributed by atoms with van der Waals surface area (Å²) in [7, 11) is 0. The maximum atomic E-state index is 11.3. The summed E-state index contributed by atoms with van der Waals surface area (Å²) in [6, 6.07) is 6.04. The number of hydrogen-bond acceptors (Lipinski definition) is 5. The molecule has 8 nitrogen and oxygen atoms in total. The minimum absolute atomic E-state index is 0.263. The van der Waals surface area contributed by atoms with Gasteiger partial charge in [-0.25, -0.2) is 4.79 Å². The van der Waals surface area contributed by atoms with Gasteiger partial charge in [-0.15, -0.1) is 10.2 Å². The summed E-state index contributed by atoms with van der Waals surface area (Å²) in [5.41, 5.74) is 5.41. The van der Waals surface area contributed by atoms with E-state index in [1.807, 2.05) is 5.32 Å². The SMILES string of the molecule is NC(=O)NC(=O)Cn1nnc(-c2ccccc2Cl)n1. The van der Waals surface area contributed by atoms with E-state index in [4.69, 9.17) is 17.3 Å². The van der Waals surface area contributed by atoms with Crippen LogP contribution in [0.3, 0.4) is 0 Å². The predicted octanol–water partition coefficient (Wildman–Crippen LogP) is 0.188. The Morgan fingerprint density at radius 3 is 2.79 bits per heavy atom. The molecule has 0 fully saturated rings. The molecule has 2 rings (SSSR count). The lowest BCUT2D eigenvalue weighted by atomic mass is 10.2. The maximum absolute atomic E-state index is 11.3. The van der Waals surface area contributed by atoms with Crippen molar-refractivity contribution >= 4 is 23.5 Å². The van der Waals surface area contributed by atoms with Crippen LogP contribution in [0.25, 0.3) is 11.4 Å². The highest BCUT2D eigenvalue weighted by Gasteiger charge is 2.12. The molecule has 0 saturated carbocycles. The number of primary amides is 1. The number of halogens is 1. The van der Waals surface area contributed by atoms with Gasteiger partial charge in [0.1, 0.15) is 6.54 Å². The summed E-state index contributed by atoms with van der Waals surface area (Å²) in [5.74, 6) is -0.340. The molecule has 1 aromatic carbocycles. The molecule has 0 saturated heterocycles. The molecule has 3 amide bonds. The molecule has 2 aromatic rings. The van der Waals surface area contributed by atoms with Crippen LogP contribution in [0.15, 0.2) is 24.3 Å². The topological polar surface area (TPSA) is 116 Å². The van der Waals surface area contributed by atoms with Crippen molar-refractivity contribution in [3.05, 3.63) is 29.3 Å². The summed E-state index contributed by atoms with van der Waals surface area (Å²) >= 11 is 5.99. The average molecular weight is 281 g/mol. The van der Waals surface area contributed by atoms with Crippen LogP contribution in [0.2, 0.25) is 5.02 Å². The fraction of sp³-hybridized carbons (Fsp3) is 0.100. The van der Waals surface area contributed by atoms with E-state index in [0.717, 1.165) is 4.80 Å². The Balaban J connectivity index is 2.14. The summed E-state index contributed by atoms with van der Waals surface area (Å²) in [5, 5.41) is 13.8. The number of carbonyl (C=O) groups is 2. The number of nitrogens with two attached hydrogens (primary N) is 1. The number of rotatable bonds is 3. The molecule has 0 radical (unpaired) electrons. The van der Waals surface area contributed by atoms with Crippen LogP contribution >= 0.6 is 11.6 Å². The van der Waals surface area contributed by atoms with E-state index in [0.29, 0.717) is 10.6 Å². The minimum atomic E-state index is -0.934. The number of imide groups is 1. The first kappa shape index (κ1) is 13.0. The Morgan fingerprint density at radius 2 is 2.11 bits per heavy atom. The monoisotopic (exact) mass is 280 g/mol. The first-order chi connectivity index (χ1) is 9.06. The number of benzene rings is 1. The van der Waals surface area contributed by atoms with Gasteiger partial charge in [0.2, 0.25) is 5.82 Å². The molecule has 0 spiro atoms. The van der Waals surface area contributed by atoms with E-state index in [1.54, 1.807) is 24.3 Å². The third kappa shape index (κ3) is 3.26. The van der Waals surface area contributed by atoms with Gasteiger partial charge < -0.3 is 5.73 Å². The molecule has 9 heteroatoms. The van der Waals surface area contributed by atoms with Gasteiger partial charge in [-0.05, 0) is 17.3 Å². The van der Waals surface area contributed by atoms with E-state index >= 15 is 0 Å². The normalized spacial score (nSPS) is 10.2.